The van der Waals surface area contributed by atoms with E-state index >= 15 is 0 Å². The molecule has 1 aliphatic rings. The Hall–Kier alpha value is -1.59. The summed E-state index contributed by atoms with van der Waals surface area (Å²) in [5.74, 6) is 0.332. The summed E-state index contributed by atoms with van der Waals surface area (Å²) in [4.78, 5) is 18.9. The molecule has 2 aromatic heterocycles. The number of aromatic nitrogens is 3. The minimum atomic E-state index is -0.114. The second kappa shape index (κ2) is 7.34. The van der Waals surface area contributed by atoms with Crippen molar-refractivity contribution in [3.05, 3.63) is 45.5 Å². The zero-order chi connectivity index (χ0) is 18.1. The van der Waals surface area contributed by atoms with Gasteiger partial charge in [-0.05, 0) is 37.8 Å². The molecule has 1 atom stereocenters. The van der Waals surface area contributed by atoms with Gasteiger partial charge in [0.15, 0.2) is 0 Å². The average Bonchev–Trinajstić information content (AvgIpc) is 3.11. The summed E-state index contributed by atoms with van der Waals surface area (Å²) in [6.07, 6.45) is 3.36. The van der Waals surface area contributed by atoms with E-state index in [4.69, 9.17) is 23.2 Å². The molecule has 3 rings (SSSR count). The van der Waals surface area contributed by atoms with Gasteiger partial charge in [-0.25, -0.2) is 0 Å². The molecule has 3 heterocycles. The number of halogens is 2. The fourth-order valence-corrected chi connectivity index (χ4v) is 3.92. The second-order valence-corrected chi connectivity index (χ2v) is 7.68. The summed E-state index contributed by atoms with van der Waals surface area (Å²) in [5, 5.41) is 5.73. The number of likely N-dealkylation sites (tertiary alicyclic amines) is 1. The van der Waals surface area contributed by atoms with Crippen LogP contribution in [0.3, 0.4) is 0 Å². The lowest BCUT2D eigenvalue weighted by Crippen LogP contribution is -2.31. The van der Waals surface area contributed by atoms with Crippen LogP contribution in [0.2, 0.25) is 10.2 Å². The van der Waals surface area contributed by atoms with Gasteiger partial charge in [0.25, 0.3) is 5.91 Å². The molecular formula is C18H22Cl2N4O. The van der Waals surface area contributed by atoms with Gasteiger partial charge in [-0.1, -0.05) is 37.0 Å². The van der Waals surface area contributed by atoms with Crippen LogP contribution in [-0.4, -0.2) is 32.1 Å². The molecule has 0 spiro atoms. The van der Waals surface area contributed by atoms with Crippen LogP contribution in [0.1, 0.15) is 54.5 Å². The highest BCUT2D eigenvalue weighted by Gasteiger charge is 2.35. The summed E-state index contributed by atoms with van der Waals surface area (Å²) in [6, 6.07) is 3.20. The maximum Gasteiger partial charge on any atom is 0.273 e. The van der Waals surface area contributed by atoms with E-state index in [2.05, 4.69) is 23.9 Å². The molecule has 2 aromatic rings. The van der Waals surface area contributed by atoms with Crippen molar-refractivity contribution in [1.82, 2.24) is 19.7 Å². The van der Waals surface area contributed by atoms with Crippen LogP contribution in [0, 0.1) is 12.8 Å². The minimum absolute atomic E-state index is 0.0679. The van der Waals surface area contributed by atoms with Crippen LogP contribution in [-0.2, 0) is 6.54 Å². The van der Waals surface area contributed by atoms with Crippen LogP contribution < -0.4 is 0 Å². The van der Waals surface area contributed by atoms with Crippen LogP contribution >= 0.6 is 23.2 Å². The number of carbonyl (C=O) groups is 1. The summed E-state index contributed by atoms with van der Waals surface area (Å²) in [7, 11) is 0. The molecule has 0 bridgehead atoms. The molecule has 1 saturated heterocycles. The molecule has 25 heavy (non-hydrogen) atoms. The van der Waals surface area contributed by atoms with E-state index in [0.717, 1.165) is 30.6 Å². The first-order chi connectivity index (χ1) is 11.9. The van der Waals surface area contributed by atoms with Gasteiger partial charge >= 0.3 is 0 Å². The van der Waals surface area contributed by atoms with Crippen molar-refractivity contribution in [2.24, 2.45) is 5.92 Å². The number of hydrogen-bond donors (Lipinski definition) is 0. The zero-order valence-corrected chi connectivity index (χ0v) is 16.2. The summed E-state index contributed by atoms with van der Waals surface area (Å²) in [5.41, 5.74) is 2.20. The third-order valence-electron chi connectivity index (χ3n) is 4.44. The van der Waals surface area contributed by atoms with E-state index in [1.807, 2.05) is 16.5 Å². The Labute approximate surface area is 157 Å². The highest BCUT2D eigenvalue weighted by molar-refractivity contribution is 6.31. The molecule has 1 fully saturated rings. The van der Waals surface area contributed by atoms with Crippen LogP contribution in [0.25, 0.3) is 0 Å². The molecule has 0 saturated carbocycles. The Morgan fingerprint density at radius 2 is 2.16 bits per heavy atom. The first-order valence-corrected chi connectivity index (χ1v) is 9.29. The fourth-order valence-electron chi connectivity index (χ4n) is 3.39. The molecule has 1 aliphatic heterocycles. The van der Waals surface area contributed by atoms with Crippen molar-refractivity contribution in [2.45, 2.75) is 46.2 Å². The van der Waals surface area contributed by atoms with Crippen molar-refractivity contribution in [3.63, 3.8) is 0 Å². The lowest BCUT2D eigenvalue weighted by atomic mass is 10.1. The summed E-state index contributed by atoms with van der Waals surface area (Å²) >= 11 is 12.6. The standard InChI is InChI=1S/C18H22Cl2N4O/c1-11(2)10-24-17(20)16(12(3)22-24)15-5-4-8-23(15)18(25)14-9-13(19)6-7-21-14/h6-7,9,11,15H,4-5,8,10H2,1-3H3. The molecule has 1 unspecified atom stereocenters. The van der Waals surface area contributed by atoms with Gasteiger partial charge in [0.1, 0.15) is 10.8 Å². The molecule has 0 radical (unpaired) electrons. The third-order valence-corrected chi connectivity index (χ3v) is 5.07. The average molecular weight is 381 g/mol. The van der Waals surface area contributed by atoms with Crippen molar-refractivity contribution in [1.29, 1.82) is 0 Å². The van der Waals surface area contributed by atoms with Gasteiger partial charge in [-0.2, -0.15) is 5.10 Å². The van der Waals surface area contributed by atoms with Crippen LogP contribution in [0.4, 0.5) is 0 Å². The van der Waals surface area contributed by atoms with Crippen molar-refractivity contribution >= 4 is 29.1 Å². The monoisotopic (exact) mass is 380 g/mol. The lowest BCUT2D eigenvalue weighted by Gasteiger charge is -2.24. The Balaban J connectivity index is 1.92. The quantitative estimate of drug-likeness (QED) is 0.782. The summed E-state index contributed by atoms with van der Waals surface area (Å²) < 4.78 is 1.84. The van der Waals surface area contributed by atoms with E-state index in [1.54, 1.807) is 18.3 Å². The first kappa shape index (κ1) is 18.2. The molecular weight excluding hydrogens is 359 g/mol. The van der Waals surface area contributed by atoms with E-state index in [9.17, 15) is 4.79 Å². The number of aryl methyl sites for hydroxylation is 1. The van der Waals surface area contributed by atoms with Crippen molar-refractivity contribution in [2.75, 3.05) is 6.54 Å². The first-order valence-electron chi connectivity index (χ1n) is 8.53. The van der Waals surface area contributed by atoms with Gasteiger partial charge in [-0.3, -0.25) is 14.5 Å². The number of pyridine rings is 1. The maximum absolute atomic E-state index is 12.9. The minimum Gasteiger partial charge on any atom is -0.330 e. The number of amides is 1. The van der Waals surface area contributed by atoms with Crippen LogP contribution in [0.5, 0.6) is 0 Å². The van der Waals surface area contributed by atoms with Crippen molar-refractivity contribution < 1.29 is 4.79 Å². The highest BCUT2D eigenvalue weighted by Crippen LogP contribution is 2.38. The molecule has 5 nitrogen and oxygen atoms in total. The third kappa shape index (κ3) is 3.67. The lowest BCUT2D eigenvalue weighted by molar-refractivity contribution is 0.0729. The van der Waals surface area contributed by atoms with E-state index in [-0.39, 0.29) is 11.9 Å². The van der Waals surface area contributed by atoms with E-state index < -0.39 is 0 Å². The Kier molecular flexibility index (Phi) is 5.35. The number of rotatable bonds is 4. The molecule has 1 amide bonds. The molecule has 0 aliphatic carbocycles. The number of hydrogen-bond acceptors (Lipinski definition) is 3. The Morgan fingerprint density at radius 1 is 1.40 bits per heavy atom. The number of nitrogens with zero attached hydrogens (tertiary/aromatic N) is 4. The van der Waals surface area contributed by atoms with E-state index in [1.165, 1.54) is 0 Å². The molecule has 0 aromatic carbocycles. The van der Waals surface area contributed by atoms with Gasteiger partial charge in [0.2, 0.25) is 0 Å². The predicted octanol–water partition coefficient (Wildman–Crippen LogP) is 4.53. The van der Waals surface area contributed by atoms with Crippen LogP contribution in [0.15, 0.2) is 18.3 Å². The SMILES string of the molecule is Cc1nn(CC(C)C)c(Cl)c1C1CCCN1C(=O)c1cc(Cl)ccn1. The predicted molar refractivity (Wildman–Crippen MR) is 99.1 cm³/mol. The van der Waals surface area contributed by atoms with E-state index in [0.29, 0.717) is 28.3 Å². The van der Waals surface area contributed by atoms with Gasteiger partial charge in [0, 0.05) is 29.9 Å². The fraction of sp³-hybridized carbons (Fsp3) is 0.500. The smallest absolute Gasteiger partial charge is 0.273 e. The molecule has 134 valence electrons. The van der Waals surface area contributed by atoms with Gasteiger partial charge in [-0.15, -0.1) is 0 Å². The molecule has 0 N–H and O–H groups in total. The Bertz CT molecular complexity index is 787. The molecule has 7 heteroatoms. The second-order valence-electron chi connectivity index (χ2n) is 6.88. The van der Waals surface area contributed by atoms with Gasteiger partial charge in [0.05, 0.1) is 11.7 Å². The van der Waals surface area contributed by atoms with Crippen molar-refractivity contribution in [3.8, 4) is 0 Å². The zero-order valence-electron chi connectivity index (χ0n) is 14.7. The number of carbonyl (C=O) groups excluding carboxylic acids is 1. The topological polar surface area (TPSA) is 51.0 Å². The normalized spacial score (nSPS) is 17.5. The maximum atomic E-state index is 12.9. The Morgan fingerprint density at radius 3 is 2.84 bits per heavy atom. The van der Waals surface area contributed by atoms with Gasteiger partial charge < -0.3 is 4.90 Å². The summed E-state index contributed by atoms with van der Waals surface area (Å²) in [6.45, 7) is 7.65. The largest absolute Gasteiger partial charge is 0.330 e. The highest BCUT2D eigenvalue weighted by atomic mass is 35.5.